The highest BCUT2D eigenvalue weighted by atomic mass is 35.5. The number of aromatic amines is 2. The number of amides is 8. The zero-order valence-corrected chi connectivity index (χ0v) is 81.5. The number of imidazole rings is 2. The summed E-state index contributed by atoms with van der Waals surface area (Å²) in [6.45, 7) is 28.4. The van der Waals surface area contributed by atoms with E-state index < -0.39 is 70.4 Å². The van der Waals surface area contributed by atoms with E-state index in [0.717, 1.165) is 174 Å². The number of carbonyl (C=O) groups is 9. The Hall–Kier alpha value is -12.2. The molecule has 10 aliphatic rings. The van der Waals surface area contributed by atoms with Gasteiger partial charge in [-0.2, -0.15) is 0 Å². The van der Waals surface area contributed by atoms with Crippen LogP contribution in [0.2, 0.25) is 0 Å². The fraction of sp³-hybridized carbons (Fsp3) is 0.524. The van der Waals surface area contributed by atoms with Gasteiger partial charge in [0.2, 0.25) is 23.6 Å². The number of halogens is 1. The lowest BCUT2D eigenvalue weighted by atomic mass is 9.75. The Morgan fingerprint density at radius 2 is 0.816 bits per heavy atom. The van der Waals surface area contributed by atoms with Crippen LogP contribution in [0.3, 0.4) is 0 Å². The molecule has 724 valence electrons. The average Bonchev–Trinajstić information content (AvgIpc) is 1.62. The fourth-order valence-corrected chi connectivity index (χ4v) is 21.6. The number of likely N-dealkylation sites (tertiary alicyclic amines) is 4. The predicted molar refractivity (Wildman–Crippen MR) is 515 cm³/mol. The van der Waals surface area contributed by atoms with Crippen LogP contribution in [0.4, 0.5) is 35.3 Å². The van der Waals surface area contributed by atoms with Crippen LogP contribution in [0, 0.1) is 22.7 Å². The number of aliphatic imine (C=N–C) groups is 2. The number of hydrogen-bond acceptors (Lipinski definition) is 22. The summed E-state index contributed by atoms with van der Waals surface area (Å²) in [5.41, 5.74) is 13.5. The third kappa shape index (κ3) is 19.7. The van der Waals surface area contributed by atoms with Crippen molar-refractivity contribution in [3.63, 3.8) is 0 Å². The number of ether oxygens (including phenoxy) is 9. The molecule has 2 aromatic heterocycles. The molecule has 12 atom stereocenters. The molecule has 18 rings (SSSR count). The number of carbonyl (C=O) groups excluding carboxylic acids is 9. The first-order valence-corrected chi connectivity index (χ1v) is 48.0. The highest BCUT2D eigenvalue weighted by Crippen LogP contribution is 2.51. The number of nitrogens with zero attached hydrogens (tertiary/aromatic N) is 8. The Balaban J connectivity index is 0.000000188. The van der Waals surface area contributed by atoms with Crippen LogP contribution in [0.1, 0.15) is 213 Å². The molecule has 8 aromatic rings. The molecule has 6 saturated heterocycles. The van der Waals surface area contributed by atoms with Crippen LogP contribution < -0.4 is 30.7 Å². The number of methoxy groups -OCH3 is 4. The zero-order valence-electron chi connectivity index (χ0n) is 80.8. The lowest BCUT2D eigenvalue weighted by molar-refractivity contribution is -0.142. The number of fused-ring (bicyclic) bond motifs is 12. The minimum atomic E-state index is -0.790. The highest BCUT2D eigenvalue weighted by molar-refractivity contribution is 6.61. The Labute approximate surface area is 797 Å². The van der Waals surface area contributed by atoms with Gasteiger partial charge in [0.15, 0.2) is 0 Å². The average molecular weight is 1880 g/mol. The van der Waals surface area contributed by atoms with Gasteiger partial charge in [-0.25, -0.2) is 33.9 Å². The second-order valence-corrected chi connectivity index (χ2v) is 40.4. The molecule has 6 aromatic carbocycles. The number of nitrogens with one attached hydrogen (secondary N) is 6. The van der Waals surface area contributed by atoms with Gasteiger partial charge < -0.3 is 93.5 Å². The van der Waals surface area contributed by atoms with E-state index in [2.05, 4.69) is 167 Å². The van der Waals surface area contributed by atoms with Crippen molar-refractivity contribution in [2.24, 2.45) is 32.7 Å². The molecule has 32 nitrogen and oxygen atoms in total. The Morgan fingerprint density at radius 3 is 1.18 bits per heavy atom. The van der Waals surface area contributed by atoms with Crippen molar-refractivity contribution in [2.75, 3.05) is 54.9 Å². The minimum absolute atomic E-state index is 0.00951. The smallest absolute Gasteiger partial charge is 0.408 e. The summed E-state index contributed by atoms with van der Waals surface area (Å²) < 4.78 is 48.5. The lowest BCUT2D eigenvalue weighted by Gasteiger charge is -2.43. The molecule has 6 fully saturated rings. The van der Waals surface area contributed by atoms with E-state index in [-0.39, 0.29) is 83.8 Å². The van der Waals surface area contributed by atoms with Crippen LogP contribution in [0.25, 0.3) is 66.3 Å². The van der Waals surface area contributed by atoms with Crippen LogP contribution in [0.5, 0.6) is 11.5 Å². The van der Waals surface area contributed by atoms with Crippen LogP contribution in [0.15, 0.2) is 107 Å². The molecule has 0 saturated carbocycles. The van der Waals surface area contributed by atoms with E-state index >= 15 is 0 Å². The SMILES string of the molecule is COC(=O)Cl.COC(=O)N[C@H](C(=O)N1[C@@H](C)CC[C@H]1C1=Nc2ccc3cc4c(cc3c2C1)OCc1cc(-c2cnc([C@@H]3CC[C@H](C)N3C(=O)[C@@H](NC(=O)OC(C)(C)C)C3(C)CCOCC3)[nH]2)ccc1-4)C(C)C.COC(=O)N[C@H](C(=O)N1[C@@H](C)CC[C@H]1C1=Nc2ccc3cc4c(cc3c2C1)OCc1cc(-c2cnc([C@@H]3CC[C@H](C)N3C(=O)[C@@H](NC(=O)OC)C3(C)CCOCC3)[nH]2)ccc1-4)C(C)C. The number of rotatable bonds is 18. The van der Waals surface area contributed by atoms with E-state index in [4.69, 9.17) is 57.8 Å². The van der Waals surface area contributed by atoms with Gasteiger partial charge in [0.25, 0.3) is 0 Å². The molecular weight excluding hydrogens is 1760 g/mol. The normalized spacial score (nSPS) is 22.4. The molecule has 0 aliphatic carbocycles. The van der Waals surface area contributed by atoms with Crippen molar-refractivity contribution in [1.29, 1.82) is 0 Å². The molecule has 136 heavy (non-hydrogen) atoms. The van der Waals surface area contributed by atoms with Crippen LogP contribution >= 0.6 is 11.6 Å². The molecule has 0 radical (unpaired) electrons. The van der Waals surface area contributed by atoms with E-state index in [0.29, 0.717) is 89.8 Å². The van der Waals surface area contributed by atoms with E-state index in [1.165, 1.54) is 28.4 Å². The monoisotopic (exact) mass is 1880 g/mol. The zero-order chi connectivity index (χ0) is 96.8. The van der Waals surface area contributed by atoms with Crippen molar-refractivity contribution in [2.45, 2.75) is 271 Å². The number of aromatic nitrogens is 4. The Kier molecular flexibility index (Phi) is 28.4. The number of hydrogen-bond donors (Lipinski definition) is 6. The molecule has 10 aliphatic heterocycles. The van der Waals surface area contributed by atoms with E-state index in [1.54, 1.807) is 0 Å². The van der Waals surface area contributed by atoms with E-state index in [1.807, 2.05) is 87.4 Å². The predicted octanol–water partition coefficient (Wildman–Crippen LogP) is 17.7. The summed E-state index contributed by atoms with van der Waals surface area (Å²) >= 11 is 4.60. The summed E-state index contributed by atoms with van der Waals surface area (Å²) in [6, 6.07) is 25.9. The maximum atomic E-state index is 14.7. The first-order chi connectivity index (χ1) is 65.0. The van der Waals surface area contributed by atoms with Crippen molar-refractivity contribution >= 4 is 109 Å². The second-order valence-electron chi connectivity index (χ2n) is 40.1. The van der Waals surface area contributed by atoms with Gasteiger partial charge in [0.05, 0.1) is 87.8 Å². The minimum Gasteiger partial charge on any atom is -0.488 e. The van der Waals surface area contributed by atoms with Gasteiger partial charge in [0.1, 0.15) is 66.1 Å². The third-order valence-electron chi connectivity index (χ3n) is 29.3. The summed E-state index contributed by atoms with van der Waals surface area (Å²) in [5, 5.41) is 15.7. The maximum absolute atomic E-state index is 14.7. The topological polar surface area (TPSA) is 380 Å². The summed E-state index contributed by atoms with van der Waals surface area (Å²) in [5.74, 6) is 2.32. The molecule has 33 heteroatoms. The second kappa shape index (κ2) is 39.9. The van der Waals surface area contributed by atoms with Crippen molar-refractivity contribution in [1.82, 2.24) is 60.8 Å². The molecule has 0 bridgehead atoms. The van der Waals surface area contributed by atoms with Gasteiger partial charge in [-0.3, -0.25) is 29.2 Å². The van der Waals surface area contributed by atoms with Crippen molar-refractivity contribution in [3.8, 4) is 56.3 Å². The highest BCUT2D eigenvalue weighted by Gasteiger charge is 2.52. The first-order valence-electron chi connectivity index (χ1n) is 47.7. The number of H-pyrrole nitrogens is 2. The Bertz CT molecular complexity index is 6000. The molecular formula is C103H127ClN14O18. The van der Waals surface area contributed by atoms with Gasteiger partial charge in [-0.05, 0) is 252 Å². The number of benzene rings is 6. The van der Waals surface area contributed by atoms with Crippen LogP contribution in [-0.2, 0) is 78.4 Å². The van der Waals surface area contributed by atoms with Gasteiger partial charge in [-0.15, -0.1) is 0 Å². The lowest BCUT2D eigenvalue weighted by Crippen LogP contribution is -2.59. The van der Waals surface area contributed by atoms with Gasteiger partial charge in [-0.1, -0.05) is 77.9 Å². The molecule has 0 unspecified atom stereocenters. The summed E-state index contributed by atoms with van der Waals surface area (Å²) in [4.78, 5) is 152. The summed E-state index contributed by atoms with van der Waals surface area (Å²) in [6.07, 6.45) is 11.5. The van der Waals surface area contributed by atoms with Crippen molar-refractivity contribution < 1.29 is 85.8 Å². The summed E-state index contributed by atoms with van der Waals surface area (Å²) in [7, 11) is 5.14. The molecule has 6 N–H and O–H groups in total. The van der Waals surface area contributed by atoms with Crippen molar-refractivity contribution in [3.05, 3.63) is 131 Å². The van der Waals surface area contributed by atoms with Gasteiger partial charge >= 0.3 is 29.8 Å². The maximum Gasteiger partial charge on any atom is 0.408 e. The quantitative estimate of drug-likeness (QED) is 0.0343. The standard InChI is InChI=1S/C52H65N7O8.C49H59N7O8.C2H3ClO2/c1-28(2)44(56-49(62)64-9)47(60)58-29(3)10-16-41(58)39-24-36-35-25-43-37(23-31(35)13-15-38(36)54-39)34-14-12-32(22-33(34)27-66-43)40-26-53-46(55-40)42-17-11-30(4)59(42)48(61)45(52(8)18-20-65-21-19-52)57-50(63)67-51(5,6)7;1-26(2)42(53-47(59)61-6)45(57)55-27(3)8-14-39(55)37-22-34-33-23-41-35(21-29(33)11-13-36(34)51-37)32-12-10-30(20-31(32)25-64-41)38-24-50-44(52-38)40-15-9-28(4)56(40)46(58)43(54-48(60)62-7)49(5)16-18-63-19-17-49;1-5-2(3)4/h12-15,22-23,25-26,28-30,41-42,44-45H,10-11,16-21,24,27H2,1-9H3,(H,53,55)(H,56,62)(H,57,63);10-13,20-21,23-24,26-28,39-40,42-43H,8-9,14-19,22,25H2,1-7H3,(H,50,52)(H,53,59)(H,54,60);1H3/t29-,30-,41-,42-,44-,45+;27-,28-,39-,40-,42-,43+;/m00./s1. The number of alkyl carbamates (subject to hydrolysis) is 4. The molecule has 0 spiro atoms. The third-order valence-corrected chi connectivity index (χ3v) is 29.5. The Morgan fingerprint density at radius 1 is 0.456 bits per heavy atom. The molecule has 12 heterocycles. The first kappa shape index (κ1) is 96.9. The fourth-order valence-electron chi connectivity index (χ4n) is 21.6. The molecule has 8 amide bonds. The van der Waals surface area contributed by atoms with Crippen LogP contribution in [-0.4, -0.2) is 225 Å². The van der Waals surface area contributed by atoms with E-state index in [9.17, 15) is 43.2 Å². The largest absolute Gasteiger partial charge is 0.488 e. The van der Waals surface area contributed by atoms with Gasteiger partial charge in [0, 0.05) is 108 Å².